The first-order chi connectivity index (χ1) is 12.1. The number of carbonyl (C=O) groups is 2. The summed E-state index contributed by atoms with van der Waals surface area (Å²) in [7, 11) is 1.64. The van der Waals surface area contributed by atoms with Gasteiger partial charge in [-0.3, -0.25) is 14.9 Å². The predicted molar refractivity (Wildman–Crippen MR) is 89.3 cm³/mol. The molecule has 1 aromatic carbocycles. The summed E-state index contributed by atoms with van der Waals surface area (Å²) in [5, 5.41) is 2.61. The highest BCUT2D eigenvalue weighted by Gasteiger charge is 2.31. The van der Waals surface area contributed by atoms with Gasteiger partial charge < -0.3 is 14.1 Å². The van der Waals surface area contributed by atoms with Crippen LogP contribution in [0, 0.1) is 5.92 Å². The third-order valence-corrected chi connectivity index (χ3v) is 4.61. The molecule has 1 N–H and O–H groups in total. The highest BCUT2D eigenvalue weighted by atomic mass is 16.5. The molecule has 0 spiro atoms. The van der Waals surface area contributed by atoms with E-state index in [0.29, 0.717) is 13.1 Å². The molecule has 1 aliphatic heterocycles. The minimum absolute atomic E-state index is 0.0571. The summed E-state index contributed by atoms with van der Waals surface area (Å²) in [6, 6.07) is 5.98. The first kappa shape index (κ1) is 15.7. The number of ether oxygens (including phenoxy) is 1. The largest absolute Gasteiger partial charge is 0.497 e. The van der Waals surface area contributed by atoms with E-state index in [1.54, 1.807) is 12.0 Å². The number of amides is 2. The van der Waals surface area contributed by atoms with Gasteiger partial charge in [-0.05, 0) is 42.5 Å². The molecule has 2 aliphatic rings. The molecule has 0 atom stereocenters. The molecule has 1 fully saturated rings. The van der Waals surface area contributed by atoms with E-state index in [2.05, 4.69) is 10.3 Å². The number of aromatic nitrogens is 1. The van der Waals surface area contributed by atoms with Crippen molar-refractivity contribution < 1.29 is 18.7 Å². The van der Waals surface area contributed by atoms with E-state index in [4.69, 9.17) is 9.15 Å². The molecule has 0 unspecified atom stereocenters. The molecule has 7 heteroatoms. The lowest BCUT2D eigenvalue weighted by Crippen LogP contribution is -2.36. The second kappa shape index (κ2) is 6.23. The van der Waals surface area contributed by atoms with Crippen molar-refractivity contribution in [3.05, 3.63) is 41.3 Å². The number of nitrogens with zero attached hydrogens (tertiary/aromatic N) is 2. The SMILES string of the molecule is COc1ccc2c(c1)CCN(C(=O)c1coc(NC(=O)C3CC3)n1)C2. The topological polar surface area (TPSA) is 84.7 Å². The average Bonchev–Trinajstić information content (AvgIpc) is 3.40. The molecule has 2 heterocycles. The van der Waals surface area contributed by atoms with E-state index in [9.17, 15) is 9.59 Å². The molecule has 25 heavy (non-hydrogen) atoms. The van der Waals surface area contributed by atoms with Crippen LogP contribution in [0.15, 0.2) is 28.9 Å². The fourth-order valence-corrected chi connectivity index (χ4v) is 2.97. The van der Waals surface area contributed by atoms with Crippen LogP contribution in [0.4, 0.5) is 6.01 Å². The van der Waals surface area contributed by atoms with E-state index < -0.39 is 0 Å². The number of anilines is 1. The molecular formula is C18H19N3O4. The standard InChI is InChI=1S/C18H19N3O4/c1-24-14-5-4-13-9-21(7-6-12(13)8-14)17(23)15-10-25-18(19-15)20-16(22)11-2-3-11/h4-5,8,10-11H,2-3,6-7,9H2,1H3,(H,19,20,22). The number of fused-ring (bicyclic) bond motifs is 1. The fraction of sp³-hybridized carbons (Fsp3) is 0.389. The van der Waals surface area contributed by atoms with Crippen molar-refractivity contribution in [3.8, 4) is 5.75 Å². The lowest BCUT2D eigenvalue weighted by atomic mass is 9.99. The zero-order valence-electron chi connectivity index (χ0n) is 13.9. The van der Waals surface area contributed by atoms with Gasteiger partial charge in [0.05, 0.1) is 7.11 Å². The van der Waals surface area contributed by atoms with Gasteiger partial charge in [0.2, 0.25) is 5.91 Å². The lowest BCUT2D eigenvalue weighted by molar-refractivity contribution is -0.117. The maximum Gasteiger partial charge on any atom is 0.302 e. The van der Waals surface area contributed by atoms with Crippen molar-refractivity contribution in [2.75, 3.05) is 19.0 Å². The zero-order valence-corrected chi connectivity index (χ0v) is 13.9. The number of hydrogen-bond donors (Lipinski definition) is 1. The number of benzene rings is 1. The van der Waals surface area contributed by atoms with Crippen molar-refractivity contribution in [3.63, 3.8) is 0 Å². The second-order valence-corrected chi connectivity index (χ2v) is 6.41. The van der Waals surface area contributed by atoms with Gasteiger partial charge in [0.15, 0.2) is 5.69 Å². The zero-order chi connectivity index (χ0) is 17.4. The Bertz CT molecular complexity index is 825. The van der Waals surface area contributed by atoms with Crippen molar-refractivity contribution >= 4 is 17.8 Å². The van der Waals surface area contributed by atoms with Crippen LogP contribution >= 0.6 is 0 Å². The van der Waals surface area contributed by atoms with Gasteiger partial charge >= 0.3 is 6.01 Å². The molecule has 0 saturated heterocycles. The number of hydrogen-bond acceptors (Lipinski definition) is 5. The van der Waals surface area contributed by atoms with Crippen LogP contribution in [0.1, 0.15) is 34.5 Å². The Hall–Kier alpha value is -2.83. The highest BCUT2D eigenvalue weighted by Crippen LogP contribution is 2.30. The smallest absolute Gasteiger partial charge is 0.302 e. The number of carbonyl (C=O) groups excluding carboxylic acids is 2. The van der Waals surface area contributed by atoms with Crippen molar-refractivity contribution in [2.24, 2.45) is 5.92 Å². The van der Waals surface area contributed by atoms with Crippen molar-refractivity contribution in [1.82, 2.24) is 9.88 Å². The van der Waals surface area contributed by atoms with Gasteiger partial charge in [0.25, 0.3) is 5.91 Å². The fourth-order valence-electron chi connectivity index (χ4n) is 2.97. The molecule has 4 rings (SSSR count). The second-order valence-electron chi connectivity index (χ2n) is 6.41. The van der Waals surface area contributed by atoms with Crippen LogP contribution in [0.5, 0.6) is 5.75 Å². The van der Waals surface area contributed by atoms with Gasteiger partial charge in [-0.2, -0.15) is 4.98 Å². The van der Waals surface area contributed by atoms with Gasteiger partial charge in [-0.25, -0.2) is 0 Å². The Labute approximate surface area is 145 Å². The van der Waals surface area contributed by atoms with Gasteiger partial charge in [0.1, 0.15) is 12.0 Å². The van der Waals surface area contributed by atoms with Gasteiger partial charge in [-0.15, -0.1) is 0 Å². The molecule has 1 saturated carbocycles. The maximum atomic E-state index is 12.6. The molecule has 2 amide bonds. The third-order valence-electron chi connectivity index (χ3n) is 4.61. The quantitative estimate of drug-likeness (QED) is 0.922. The van der Waals surface area contributed by atoms with Crippen LogP contribution in [-0.4, -0.2) is 35.4 Å². The van der Waals surface area contributed by atoms with Crippen LogP contribution < -0.4 is 10.1 Å². The molecule has 1 aromatic heterocycles. The Morgan fingerprint density at radius 2 is 2.16 bits per heavy atom. The van der Waals surface area contributed by atoms with Crippen LogP contribution in [0.25, 0.3) is 0 Å². The first-order valence-electron chi connectivity index (χ1n) is 8.35. The average molecular weight is 341 g/mol. The van der Waals surface area contributed by atoms with Gasteiger partial charge in [0, 0.05) is 19.0 Å². The Balaban J connectivity index is 1.44. The van der Waals surface area contributed by atoms with E-state index in [0.717, 1.165) is 30.6 Å². The molecule has 2 aromatic rings. The molecule has 1 aliphatic carbocycles. The number of oxazole rings is 1. The molecule has 0 radical (unpaired) electrons. The minimum Gasteiger partial charge on any atom is -0.497 e. The number of nitrogens with one attached hydrogen (secondary N) is 1. The van der Waals surface area contributed by atoms with Crippen LogP contribution in [0.3, 0.4) is 0 Å². The number of methoxy groups -OCH3 is 1. The van der Waals surface area contributed by atoms with E-state index in [1.807, 2.05) is 18.2 Å². The Morgan fingerprint density at radius 3 is 2.92 bits per heavy atom. The first-order valence-corrected chi connectivity index (χ1v) is 8.35. The summed E-state index contributed by atoms with van der Waals surface area (Å²) in [5.74, 6) is 0.589. The van der Waals surface area contributed by atoms with Gasteiger partial charge in [-0.1, -0.05) is 6.07 Å². The van der Waals surface area contributed by atoms with E-state index >= 15 is 0 Å². The molecular weight excluding hydrogens is 322 g/mol. The van der Waals surface area contributed by atoms with E-state index in [-0.39, 0.29) is 29.4 Å². The summed E-state index contributed by atoms with van der Waals surface area (Å²) >= 11 is 0. The summed E-state index contributed by atoms with van der Waals surface area (Å²) < 4.78 is 10.5. The minimum atomic E-state index is -0.197. The Morgan fingerprint density at radius 1 is 1.32 bits per heavy atom. The van der Waals surface area contributed by atoms with Crippen LogP contribution in [0.2, 0.25) is 0 Å². The molecule has 130 valence electrons. The highest BCUT2D eigenvalue weighted by molar-refractivity contribution is 5.94. The summed E-state index contributed by atoms with van der Waals surface area (Å²) in [6.07, 6.45) is 3.86. The lowest BCUT2D eigenvalue weighted by Gasteiger charge is -2.28. The van der Waals surface area contributed by atoms with Crippen molar-refractivity contribution in [1.29, 1.82) is 0 Å². The number of rotatable bonds is 4. The maximum absolute atomic E-state index is 12.6. The van der Waals surface area contributed by atoms with Crippen molar-refractivity contribution in [2.45, 2.75) is 25.8 Å². The third kappa shape index (κ3) is 3.22. The Kier molecular flexibility index (Phi) is 3.91. The summed E-state index contributed by atoms with van der Waals surface area (Å²) in [4.78, 5) is 30.2. The monoisotopic (exact) mass is 341 g/mol. The normalized spacial score (nSPS) is 16.3. The summed E-state index contributed by atoms with van der Waals surface area (Å²) in [5.41, 5.74) is 2.51. The molecule has 0 bridgehead atoms. The summed E-state index contributed by atoms with van der Waals surface area (Å²) in [6.45, 7) is 1.13. The predicted octanol–water partition coefficient (Wildman–Crippen LogP) is 2.23. The molecule has 7 nitrogen and oxygen atoms in total. The van der Waals surface area contributed by atoms with E-state index in [1.165, 1.54) is 11.8 Å². The van der Waals surface area contributed by atoms with Crippen LogP contribution in [-0.2, 0) is 17.8 Å².